The van der Waals surface area contributed by atoms with Gasteiger partial charge in [-0.3, -0.25) is 14.9 Å². The zero-order chi connectivity index (χ0) is 13.1. The number of nitrogens with zero attached hydrogens (tertiary/aromatic N) is 1. The molecule has 1 saturated carbocycles. The molecule has 0 saturated heterocycles. The van der Waals surface area contributed by atoms with E-state index in [-0.39, 0.29) is 11.6 Å². The molecule has 2 atom stereocenters. The van der Waals surface area contributed by atoms with E-state index >= 15 is 0 Å². The van der Waals surface area contributed by atoms with Gasteiger partial charge in [-0.05, 0) is 30.2 Å². The van der Waals surface area contributed by atoms with E-state index in [0.29, 0.717) is 24.5 Å². The van der Waals surface area contributed by atoms with Gasteiger partial charge in [-0.2, -0.15) is 0 Å². The number of non-ortho nitro benzene ring substituents is 1. The molecular formula is C14H17NO3. The summed E-state index contributed by atoms with van der Waals surface area (Å²) < 4.78 is 0. The van der Waals surface area contributed by atoms with Crippen LogP contribution in [-0.2, 0) is 4.79 Å². The van der Waals surface area contributed by atoms with Gasteiger partial charge >= 0.3 is 0 Å². The lowest BCUT2D eigenvalue weighted by atomic mass is 9.77. The molecule has 18 heavy (non-hydrogen) atoms. The summed E-state index contributed by atoms with van der Waals surface area (Å²) in [5.74, 6) is 1.02. The van der Waals surface area contributed by atoms with Crippen LogP contribution in [0.4, 0.5) is 5.69 Å². The van der Waals surface area contributed by atoms with Crippen molar-refractivity contribution >= 4 is 11.5 Å². The van der Waals surface area contributed by atoms with Gasteiger partial charge in [0, 0.05) is 25.0 Å². The summed E-state index contributed by atoms with van der Waals surface area (Å²) in [5.41, 5.74) is 1.20. The first kappa shape index (κ1) is 12.7. The summed E-state index contributed by atoms with van der Waals surface area (Å²) in [6.45, 7) is 2.10. The lowest BCUT2D eigenvalue weighted by Crippen LogP contribution is -2.19. The number of carbonyl (C=O) groups is 1. The third-order valence-corrected chi connectivity index (χ3v) is 3.86. The molecule has 0 N–H and O–H groups in total. The molecule has 0 bridgehead atoms. The molecule has 4 heteroatoms. The van der Waals surface area contributed by atoms with Gasteiger partial charge in [-0.15, -0.1) is 0 Å². The van der Waals surface area contributed by atoms with E-state index in [0.717, 1.165) is 18.4 Å². The quantitative estimate of drug-likeness (QED) is 0.607. The smallest absolute Gasteiger partial charge is 0.269 e. The monoisotopic (exact) mass is 247 g/mol. The number of hydrogen-bond acceptors (Lipinski definition) is 3. The molecule has 0 aliphatic heterocycles. The van der Waals surface area contributed by atoms with Crippen molar-refractivity contribution in [1.29, 1.82) is 0 Å². The minimum Gasteiger partial charge on any atom is -0.300 e. The Morgan fingerprint density at radius 2 is 2.00 bits per heavy atom. The van der Waals surface area contributed by atoms with E-state index in [9.17, 15) is 14.9 Å². The van der Waals surface area contributed by atoms with Crippen LogP contribution in [0.5, 0.6) is 0 Å². The van der Waals surface area contributed by atoms with Crippen LogP contribution in [0.15, 0.2) is 24.3 Å². The second-order valence-electron chi connectivity index (χ2n) is 5.03. The van der Waals surface area contributed by atoms with E-state index in [1.54, 1.807) is 0 Å². The standard InChI is InChI=1S/C14H17NO3/c1-10(12-3-2-4-14(16)9-12)11-5-7-13(8-6-11)15(17)18/h5-8,10,12H,2-4,9H2,1H3. The number of hydrogen-bond donors (Lipinski definition) is 0. The summed E-state index contributed by atoms with van der Waals surface area (Å²) in [4.78, 5) is 21.7. The summed E-state index contributed by atoms with van der Waals surface area (Å²) in [5, 5.41) is 10.6. The van der Waals surface area contributed by atoms with Crippen LogP contribution in [0.1, 0.15) is 44.1 Å². The van der Waals surface area contributed by atoms with Crippen molar-refractivity contribution in [2.24, 2.45) is 5.92 Å². The lowest BCUT2D eigenvalue weighted by molar-refractivity contribution is -0.384. The number of nitro groups is 1. The SMILES string of the molecule is CC(c1ccc([N+](=O)[O-])cc1)C1CCCC(=O)C1. The highest BCUT2D eigenvalue weighted by atomic mass is 16.6. The van der Waals surface area contributed by atoms with Crippen molar-refractivity contribution < 1.29 is 9.72 Å². The van der Waals surface area contributed by atoms with Crippen molar-refractivity contribution in [3.05, 3.63) is 39.9 Å². The van der Waals surface area contributed by atoms with Gasteiger partial charge in [0.05, 0.1) is 4.92 Å². The highest BCUT2D eigenvalue weighted by Crippen LogP contribution is 2.34. The second kappa shape index (κ2) is 5.29. The Bertz CT molecular complexity index is 453. The fourth-order valence-electron chi connectivity index (χ4n) is 2.66. The number of nitro benzene ring substituents is 1. The highest BCUT2D eigenvalue weighted by molar-refractivity contribution is 5.79. The van der Waals surface area contributed by atoms with Gasteiger partial charge in [0.1, 0.15) is 5.78 Å². The second-order valence-corrected chi connectivity index (χ2v) is 5.03. The van der Waals surface area contributed by atoms with Crippen molar-refractivity contribution in [1.82, 2.24) is 0 Å². The molecule has 4 nitrogen and oxygen atoms in total. The largest absolute Gasteiger partial charge is 0.300 e. The Hall–Kier alpha value is -1.71. The number of benzene rings is 1. The molecule has 2 rings (SSSR count). The van der Waals surface area contributed by atoms with E-state index < -0.39 is 4.92 Å². The molecule has 0 heterocycles. The molecular weight excluding hydrogens is 230 g/mol. The van der Waals surface area contributed by atoms with E-state index in [4.69, 9.17) is 0 Å². The Morgan fingerprint density at radius 3 is 2.56 bits per heavy atom. The van der Waals surface area contributed by atoms with E-state index in [1.165, 1.54) is 12.1 Å². The molecule has 1 aromatic carbocycles. The van der Waals surface area contributed by atoms with Crippen LogP contribution in [0, 0.1) is 16.0 Å². The fourth-order valence-corrected chi connectivity index (χ4v) is 2.66. The van der Waals surface area contributed by atoms with Gasteiger partial charge in [0.15, 0.2) is 0 Å². The number of rotatable bonds is 3. The maximum Gasteiger partial charge on any atom is 0.269 e. The van der Waals surface area contributed by atoms with Crippen LogP contribution >= 0.6 is 0 Å². The predicted molar refractivity (Wildman–Crippen MR) is 68.5 cm³/mol. The molecule has 2 unspecified atom stereocenters. The zero-order valence-electron chi connectivity index (χ0n) is 10.5. The maximum absolute atomic E-state index is 11.5. The summed E-state index contributed by atoms with van der Waals surface area (Å²) >= 11 is 0. The topological polar surface area (TPSA) is 60.2 Å². The van der Waals surface area contributed by atoms with Crippen molar-refractivity contribution in [2.75, 3.05) is 0 Å². The molecule has 0 aromatic heterocycles. The van der Waals surface area contributed by atoms with Gasteiger partial charge in [-0.1, -0.05) is 19.1 Å². The third-order valence-electron chi connectivity index (χ3n) is 3.86. The third kappa shape index (κ3) is 2.75. The van der Waals surface area contributed by atoms with Gasteiger partial charge < -0.3 is 0 Å². The first-order valence-electron chi connectivity index (χ1n) is 6.34. The average Bonchev–Trinajstić information content (AvgIpc) is 2.38. The Balaban J connectivity index is 2.10. The normalized spacial score (nSPS) is 21.6. The zero-order valence-corrected chi connectivity index (χ0v) is 10.5. The fraction of sp³-hybridized carbons (Fsp3) is 0.500. The number of Topliss-reactive ketones (excluding diaryl/α,β-unsaturated/α-hetero) is 1. The molecule has 0 amide bonds. The number of ketones is 1. The minimum atomic E-state index is -0.390. The van der Waals surface area contributed by atoms with Crippen molar-refractivity contribution in [2.45, 2.75) is 38.5 Å². The summed E-state index contributed by atoms with van der Waals surface area (Å²) in [6.07, 6.45) is 3.41. The molecule has 1 aliphatic rings. The van der Waals surface area contributed by atoms with Crippen LogP contribution in [-0.4, -0.2) is 10.7 Å². The molecule has 1 aromatic rings. The van der Waals surface area contributed by atoms with Crippen LogP contribution in [0.25, 0.3) is 0 Å². The number of carbonyl (C=O) groups excluding carboxylic acids is 1. The molecule has 0 radical (unpaired) electrons. The van der Waals surface area contributed by atoms with Crippen LogP contribution in [0.3, 0.4) is 0 Å². The van der Waals surface area contributed by atoms with Gasteiger partial charge in [0.25, 0.3) is 5.69 Å². The molecule has 1 fully saturated rings. The van der Waals surface area contributed by atoms with Gasteiger partial charge in [0.2, 0.25) is 0 Å². The lowest BCUT2D eigenvalue weighted by Gasteiger charge is -2.27. The van der Waals surface area contributed by atoms with Gasteiger partial charge in [-0.25, -0.2) is 0 Å². The average molecular weight is 247 g/mol. The van der Waals surface area contributed by atoms with Crippen LogP contribution < -0.4 is 0 Å². The summed E-state index contributed by atoms with van der Waals surface area (Å²) in [7, 11) is 0. The molecule has 1 aliphatic carbocycles. The summed E-state index contributed by atoms with van der Waals surface area (Å²) in [6, 6.07) is 6.69. The maximum atomic E-state index is 11.5. The van der Waals surface area contributed by atoms with Crippen molar-refractivity contribution in [3.8, 4) is 0 Å². The predicted octanol–water partition coefficient (Wildman–Crippen LogP) is 3.46. The highest BCUT2D eigenvalue weighted by Gasteiger charge is 2.25. The Labute approximate surface area is 106 Å². The minimum absolute atomic E-state index is 0.116. The first-order valence-corrected chi connectivity index (χ1v) is 6.34. The Kier molecular flexibility index (Phi) is 3.75. The van der Waals surface area contributed by atoms with Crippen molar-refractivity contribution in [3.63, 3.8) is 0 Å². The molecule has 0 spiro atoms. The first-order chi connectivity index (χ1) is 8.58. The van der Waals surface area contributed by atoms with Crippen LogP contribution in [0.2, 0.25) is 0 Å². The molecule has 96 valence electrons. The Morgan fingerprint density at radius 1 is 1.33 bits per heavy atom. The van der Waals surface area contributed by atoms with E-state index in [2.05, 4.69) is 6.92 Å². The van der Waals surface area contributed by atoms with E-state index in [1.807, 2.05) is 12.1 Å².